The molecule has 262 valence electrons. The Morgan fingerprint density at radius 2 is 1.82 bits per heavy atom. The second-order valence-corrected chi connectivity index (χ2v) is 17.4. The van der Waals surface area contributed by atoms with Gasteiger partial charge < -0.3 is 14.9 Å². The van der Waals surface area contributed by atoms with Crippen molar-refractivity contribution in [3.63, 3.8) is 0 Å². The average Bonchev–Trinajstić information content (AvgIpc) is 3.83. The molecular weight excluding hydrogens is 645 g/mol. The number of halogens is 2. The number of aliphatic hydroxyl groups is 1. The lowest BCUT2D eigenvalue weighted by Gasteiger charge is -2.63. The third-order valence-corrected chi connectivity index (χ3v) is 12.4. The molecule has 2 N–H and O–H groups in total. The van der Waals surface area contributed by atoms with Crippen LogP contribution in [0.4, 0.5) is 8.78 Å². The molecule has 3 aromatic rings. The molecule has 1 aliphatic heterocycles. The molecule has 3 aromatic carbocycles. The molecule has 4 atom stereocenters. The first-order valence-electron chi connectivity index (χ1n) is 17.6. The molecule has 9 heteroatoms. The van der Waals surface area contributed by atoms with E-state index in [0.717, 1.165) is 18.7 Å². The van der Waals surface area contributed by atoms with Crippen LogP contribution in [0.3, 0.4) is 0 Å². The summed E-state index contributed by atoms with van der Waals surface area (Å²) in [5, 5.41) is 24.4. The van der Waals surface area contributed by atoms with Crippen molar-refractivity contribution in [1.82, 2.24) is 4.90 Å². The van der Waals surface area contributed by atoms with E-state index in [1.807, 2.05) is 26.8 Å². The molecule has 0 aromatic heterocycles. The van der Waals surface area contributed by atoms with Gasteiger partial charge in [-0.25, -0.2) is 8.78 Å². The number of benzene rings is 3. The van der Waals surface area contributed by atoms with Gasteiger partial charge in [-0.05, 0) is 124 Å². The molecule has 0 radical (unpaired) electrons. The number of Topliss-reactive ketones (excluding diaryl/α,β-unsaturated/α-hetero) is 1. The number of phenolic OH excluding ortho intramolecular Hbond substituents is 1. The maximum Gasteiger partial charge on any atom is 0.317 e. The first-order valence-corrected chi connectivity index (χ1v) is 18.1. The van der Waals surface area contributed by atoms with Crippen LogP contribution >= 0.6 is 12.6 Å². The van der Waals surface area contributed by atoms with Crippen LogP contribution in [0.5, 0.6) is 11.5 Å². The van der Waals surface area contributed by atoms with Crippen LogP contribution in [0.25, 0.3) is 10.8 Å². The average molecular weight is 692 g/mol. The van der Waals surface area contributed by atoms with Gasteiger partial charge in [-0.2, -0.15) is 12.6 Å². The number of likely N-dealkylation sites (tertiary alicyclic amines) is 1. The van der Waals surface area contributed by atoms with Gasteiger partial charge in [-0.1, -0.05) is 26.0 Å². The number of aromatic hydroxyl groups is 1. The lowest BCUT2D eigenvalue weighted by Crippen LogP contribution is -2.73. The second-order valence-electron chi connectivity index (χ2n) is 16.6. The summed E-state index contributed by atoms with van der Waals surface area (Å²) in [6, 6.07) is 9.52. The SMILES string of the molecule is CC(S)c1cc(F)c2c(F)cc(C(C)(C)CC(C)(C)C(=O)Oc3ccc4c(c3O)C35CCN(CC6CC6)C(C4)C3(O)CCC(=O)C5)cc2c1. The number of piperidine rings is 1. The van der Waals surface area contributed by atoms with Gasteiger partial charge in [0.25, 0.3) is 0 Å². The fourth-order valence-corrected chi connectivity index (χ4v) is 9.65. The van der Waals surface area contributed by atoms with Gasteiger partial charge in [-0.3, -0.25) is 14.5 Å². The molecule has 1 heterocycles. The summed E-state index contributed by atoms with van der Waals surface area (Å²) in [7, 11) is 0. The highest BCUT2D eigenvalue weighted by atomic mass is 32.1. The zero-order chi connectivity index (χ0) is 35.3. The van der Waals surface area contributed by atoms with Gasteiger partial charge in [0.2, 0.25) is 0 Å². The van der Waals surface area contributed by atoms with Crippen molar-refractivity contribution in [2.45, 2.75) is 114 Å². The molecule has 4 unspecified atom stereocenters. The van der Waals surface area contributed by atoms with Gasteiger partial charge in [0, 0.05) is 41.7 Å². The number of thiol groups is 1. The van der Waals surface area contributed by atoms with Gasteiger partial charge in [0.05, 0.1) is 16.4 Å². The zero-order valence-electron chi connectivity index (χ0n) is 29.0. The molecule has 3 fully saturated rings. The van der Waals surface area contributed by atoms with E-state index >= 15 is 4.39 Å². The van der Waals surface area contributed by atoms with E-state index in [4.69, 9.17) is 4.74 Å². The molecule has 6 nitrogen and oxygen atoms in total. The first-order chi connectivity index (χ1) is 23.0. The summed E-state index contributed by atoms with van der Waals surface area (Å²) in [5.41, 5.74) is -1.25. The number of hydrogen-bond acceptors (Lipinski definition) is 7. The van der Waals surface area contributed by atoms with E-state index in [1.165, 1.54) is 25.0 Å². The van der Waals surface area contributed by atoms with Gasteiger partial charge in [0.1, 0.15) is 17.4 Å². The molecule has 4 aliphatic rings. The maximum absolute atomic E-state index is 15.3. The Morgan fingerprint density at radius 1 is 1.10 bits per heavy atom. The largest absolute Gasteiger partial charge is 0.504 e. The van der Waals surface area contributed by atoms with Gasteiger partial charge in [-0.15, -0.1) is 0 Å². The van der Waals surface area contributed by atoms with E-state index in [2.05, 4.69) is 17.5 Å². The molecular formula is C40H47F2NO5S. The van der Waals surface area contributed by atoms with Gasteiger partial charge in [0.15, 0.2) is 11.5 Å². The minimum absolute atomic E-state index is 0.00358. The molecule has 0 amide bonds. The van der Waals surface area contributed by atoms with Gasteiger partial charge >= 0.3 is 5.97 Å². The number of hydrogen-bond donors (Lipinski definition) is 3. The summed E-state index contributed by atoms with van der Waals surface area (Å²) in [5.74, 6) is -1.34. The van der Waals surface area contributed by atoms with Crippen LogP contribution in [0, 0.1) is 23.0 Å². The van der Waals surface area contributed by atoms with Crippen molar-refractivity contribution >= 4 is 35.2 Å². The fraction of sp³-hybridized carbons (Fsp3) is 0.550. The summed E-state index contributed by atoms with van der Waals surface area (Å²) >= 11 is 4.43. The monoisotopic (exact) mass is 691 g/mol. The van der Waals surface area contributed by atoms with E-state index in [0.29, 0.717) is 53.7 Å². The first kappa shape index (κ1) is 34.4. The third kappa shape index (κ3) is 5.68. The van der Waals surface area contributed by atoms with Crippen molar-refractivity contribution in [1.29, 1.82) is 0 Å². The molecule has 2 saturated carbocycles. The molecule has 7 rings (SSSR count). The highest BCUT2D eigenvalue weighted by Gasteiger charge is 2.66. The number of rotatable bonds is 8. The number of carbonyl (C=O) groups is 2. The Balaban J connectivity index is 1.17. The van der Waals surface area contributed by atoms with Crippen molar-refractivity contribution in [3.8, 4) is 11.5 Å². The summed E-state index contributed by atoms with van der Waals surface area (Å²) in [6.07, 6.45) is 4.58. The van der Waals surface area contributed by atoms with Crippen molar-refractivity contribution in [2.24, 2.45) is 11.3 Å². The second kappa shape index (κ2) is 11.8. The molecule has 3 aliphatic carbocycles. The number of ether oxygens (including phenoxy) is 1. The summed E-state index contributed by atoms with van der Waals surface area (Å²) < 4.78 is 36.2. The van der Waals surface area contributed by atoms with Crippen LogP contribution in [-0.2, 0) is 26.8 Å². The quantitative estimate of drug-likeness (QED) is 0.127. The minimum atomic E-state index is -1.17. The smallest absolute Gasteiger partial charge is 0.317 e. The van der Waals surface area contributed by atoms with E-state index < -0.39 is 39.4 Å². The van der Waals surface area contributed by atoms with Crippen LogP contribution in [0.15, 0.2) is 36.4 Å². The molecule has 2 bridgehead atoms. The normalized spacial score (nSPS) is 26.3. The highest BCUT2D eigenvalue weighted by molar-refractivity contribution is 7.80. The lowest BCUT2D eigenvalue weighted by atomic mass is 9.49. The topological polar surface area (TPSA) is 87.1 Å². The maximum atomic E-state index is 15.3. The number of nitrogens with zero attached hydrogens (tertiary/aromatic N) is 1. The van der Waals surface area contributed by atoms with Crippen LogP contribution in [0.2, 0.25) is 0 Å². The zero-order valence-corrected chi connectivity index (χ0v) is 29.9. The fourth-order valence-electron chi connectivity index (χ4n) is 9.50. The van der Waals surface area contributed by atoms with E-state index in [1.54, 1.807) is 32.0 Å². The minimum Gasteiger partial charge on any atom is -0.504 e. The third-order valence-electron chi connectivity index (χ3n) is 12.1. The van der Waals surface area contributed by atoms with Crippen molar-refractivity contribution in [2.75, 3.05) is 13.1 Å². The van der Waals surface area contributed by atoms with Crippen molar-refractivity contribution in [3.05, 3.63) is 70.3 Å². The summed E-state index contributed by atoms with van der Waals surface area (Å²) in [4.78, 5) is 29.3. The van der Waals surface area contributed by atoms with Crippen molar-refractivity contribution < 1.29 is 33.3 Å². The van der Waals surface area contributed by atoms with Crippen LogP contribution in [0.1, 0.15) is 107 Å². The summed E-state index contributed by atoms with van der Waals surface area (Å²) in [6.45, 7) is 10.8. The predicted octanol–water partition coefficient (Wildman–Crippen LogP) is 7.88. The standard InChI is InChI=1S/C40H47F2NO5S/c1-22(49)25-14-26-15-27(18-30(42)33(26)29(41)16-25)37(2,3)21-38(4,5)36(46)48-31-9-8-24-17-32-40(47)11-10-28(44)19-39(40,34(24)35(31)45)12-13-43(32)20-23-6-7-23/h8-9,14-16,18,22-23,32,45,47,49H,6-7,10-13,17,19-21H2,1-5H3. The Labute approximate surface area is 292 Å². The van der Waals surface area contributed by atoms with E-state index in [9.17, 15) is 24.2 Å². The Hall–Kier alpha value is -3.01. The Bertz CT molecular complexity index is 1870. The Kier molecular flexibility index (Phi) is 8.28. The number of fused-ring (bicyclic) bond motifs is 2. The highest BCUT2D eigenvalue weighted by Crippen LogP contribution is 2.61. The number of carbonyl (C=O) groups excluding carboxylic acids is 2. The van der Waals surface area contributed by atoms with Crippen LogP contribution < -0.4 is 4.74 Å². The molecule has 1 saturated heterocycles. The predicted molar refractivity (Wildman–Crippen MR) is 188 cm³/mol. The number of phenols is 1. The van der Waals surface area contributed by atoms with Crippen LogP contribution in [-0.4, -0.2) is 51.6 Å². The molecule has 49 heavy (non-hydrogen) atoms. The number of ketones is 1. The lowest BCUT2D eigenvalue weighted by molar-refractivity contribution is -0.173. The molecule has 0 spiro atoms. The Morgan fingerprint density at radius 3 is 2.51 bits per heavy atom. The number of esters is 1. The van der Waals surface area contributed by atoms with E-state index in [-0.39, 0.29) is 46.8 Å².